The van der Waals surface area contributed by atoms with Gasteiger partial charge in [0.05, 0.1) is 18.8 Å². The number of carbonyl (C=O) groups excluding carboxylic acids is 1. The molecule has 5 N–H and O–H groups in total. The fourth-order valence-electron chi connectivity index (χ4n) is 10.5. The van der Waals surface area contributed by atoms with Crippen molar-refractivity contribution in [1.29, 1.82) is 0 Å². The number of aliphatic hydroxyl groups excluding tert-OH is 4. The van der Waals surface area contributed by atoms with E-state index in [0.717, 1.165) is 51.4 Å². The van der Waals surface area contributed by atoms with E-state index in [1.807, 2.05) is 0 Å². The normalized spacial score (nSPS) is 13.8. The fraction of sp³-hybridized carbons (Fsp3) is 0.870. The number of allylic oxidation sites excluding steroid dienone is 8. The highest BCUT2D eigenvalue weighted by molar-refractivity contribution is 5.80. The van der Waals surface area contributed by atoms with Crippen LogP contribution in [0.15, 0.2) is 48.6 Å². The maximum Gasteiger partial charge on any atom is 0.249 e. The lowest BCUT2D eigenvalue weighted by Gasteiger charge is -2.27. The average Bonchev–Trinajstić information content (AvgIpc) is 3.42. The second-order valence-corrected chi connectivity index (χ2v) is 23.1. The molecule has 0 bridgehead atoms. The highest BCUT2D eigenvalue weighted by Crippen LogP contribution is 2.18. The van der Waals surface area contributed by atoms with E-state index in [1.165, 1.54) is 270 Å². The summed E-state index contributed by atoms with van der Waals surface area (Å²) in [4.78, 5) is 12.6. The third-order valence-corrected chi connectivity index (χ3v) is 15.7. The first-order valence-corrected chi connectivity index (χ1v) is 33.5. The van der Waals surface area contributed by atoms with Crippen molar-refractivity contribution in [3.8, 4) is 0 Å². The third-order valence-electron chi connectivity index (χ3n) is 15.7. The number of unbranched alkanes of at least 4 members (excludes halogenated alkanes) is 45. The summed E-state index contributed by atoms with van der Waals surface area (Å²) < 4.78 is 0. The number of hydrogen-bond acceptors (Lipinski definition) is 5. The molecular formula is C69H131NO5. The van der Waals surface area contributed by atoms with Crippen LogP contribution in [0.1, 0.15) is 354 Å². The number of nitrogens with one attached hydrogen (secondary N) is 1. The van der Waals surface area contributed by atoms with Crippen LogP contribution >= 0.6 is 0 Å². The smallest absolute Gasteiger partial charge is 0.249 e. The molecule has 0 aliphatic rings. The van der Waals surface area contributed by atoms with Gasteiger partial charge in [0.2, 0.25) is 5.91 Å². The number of carbonyl (C=O) groups is 1. The van der Waals surface area contributed by atoms with E-state index in [9.17, 15) is 25.2 Å². The van der Waals surface area contributed by atoms with Crippen molar-refractivity contribution in [2.45, 2.75) is 379 Å². The largest absolute Gasteiger partial charge is 0.394 e. The highest BCUT2D eigenvalue weighted by Gasteiger charge is 2.28. The number of hydrogen-bond donors (Lipinski definition) is 5. The van der Waals surface area contributed by atoms with Crippen molar-refractivity contribution in [3.05, 3.63) is 48.6 Å². The lowest BCUT2D eigenvalue weighted by atomic mass is 10.00. The molecule has 0 saturated heterocycles. The standard InChI is InChI=1S/C69H131NO5/c1-3-5-7-9-11-13-15-17-19-21-23-25-27-28-29-30-31-32-33-34-35-36-37-38-39-41-43-45-47-49-51-53-55-57-59-61-63-67(73)69(75)70-65(64-71)68(74)66(72)62-60-58-56-54-52-50-48-46-44-42-40-26-24-22-20-18-16-14-12-10-8-6-4-2/h26,32-33,40,46,48,54,56,65-68,71-74H,3-25,27-31,34-39,41-45,47,49-53,55,57-64H2,1-2H3,(H,70,75)/b33-32-,40-26+,48-46+,56-54+. The Bertz CT molecular complexity index is 1230. The Hall–Kier alpha value is -1.73. The van der Waals surface area contributed by atoms with Crippen LogP contribution in [0.3, 0.4) is 0 Å². The van der Waals surface area contributed by atoms with Gasteiger partial charge in [0.1, 0.15) is 12.2 Å². The van der Waals surface area contributed by atoms with Crippen molar-refractivity contribution < 1.29 is 25.2 Å². The molecule has 0 heterocycles. The summed E-state index contributed by atoms with van der Waals surface area (Å²) in [7, 11) is 0. The molecule has 6 nitrogen and oxygen atoms in total. The molecule has 0 rings (SSSR count). The number of rotatable bonds is 62. The van der Waals surface area contributed by atoms with Crippen molar-refractivity contribution in [1.82, 2.24) is 5.32 Å². The Morgan fingerprint density at radius 1 is 0.320 bits per heavy atom. The molecule has 0 aromatic rings. The molecular weight excluding hydrogens is 923 g/mol. The van der Waals surface area contributed by atoms with Gasteiger partial charge >= 0.3 is 0 Å². The minimum Gasteiger partial charge on any atom is -0.394 e. The molecule has 1 amide bonds. The second-order valence-electron chi connectivity index (χ2n) is 23.1. The lowest BCUT2D eigenvalue weighted by Crippen LogP contribution is -2.53. The summed E-state index contributed by atoms with van der Waals surface area (Å²) in [6, 6.07) is -1.01. The van der Waals surface area contributed by atoms with Gasteiger partial charge in [-0.3, -0.25) is 4.79 Å². The van der Waals surface area contributed by atoms with E-state index in [1.54, 1.807) is 0 Å². The average molecular weight is 1050 g/mol. The van der Waals surface area contributed by atoms with Crippen LogP contribution in [0.4, 0.5) is 0 Å². The molecule has 0 aromatic heterocycles. The van der Waals surface area contributed by atoms with Crippen molar-refractivity contribution >= 4 is 5.91 Å². The molecule has 0 saturated carbocycles. The van der Waals surface area contributed by atoms with Gasteiger partial charge < -0.3 is 25.7 Å². The predicted octanol–water partition coefficient (Wildman–Crippen LogP) is 20.5. The van der Waals surface area contributed by atoms with Gasteiger partial charge in [-0.2, -0.15) is 0 Å². The summed E-state index contributed by atoms with van der Waals surface area (Å²) in [5, 5.41) is 44.1. The zero-order valence-corrected chi connectivity index (χ0v) is 50.3. The maximum atomic E-state index is 12.6. The van der Waals surface area contributed by atoms with Crippen LogP contribution in [0.5, 0.6) is 0 Å². The van der Waals surface area contributed by atoms with Gasteiger partial charge in [-0.25, -0.2) is 0 Å². The number of aliphatic hydroxyl groups is 4. The second kappa shape index (κ2) is 63.1. The summed E-state index contributed by atoms with van der Waals surface area (Å²) in [5.74, 6) is -0.595. The van der Waals surface area contributed by atoms with Crippen LogP contribution in [-0.2, 0) is 4.79 Å². The van der Waals surface area contributed by atoms with Crippen LogP contribution in [-0.4, -0.2) is 57.3 Å². The van der Waals surface area contributed by atoms with Crippen molar-refractivity contribution in [3.63, 3.8) is 0 Å². The molecule has 0 aromatic carbocycles. The Morgan fingerprint density at radius 2 is 0.560 bits per heavy atom. The Labute approximate surface area is 468 Å². The zero-order chi connectivity index (χ0) is 54.4. The molecule has 0 radical (unpaired) electrons. The molecule has 442 valence electrons. The first kappa shape index (κ1) is 73.3. The Morgan fingerprint density at radius 3 is 0.840 bits per heavy atom. The Balaban J connectivity index is 3.59. The summed E-state index contributed by atoms with van der Waals surface area (Å²) in [5.41, 5.74) is 0. The summed E-state index contributed by atoms with van der Waals surface area (Å²) >= 11 is 0. The van der Waals surface area contributed by atoms with Crippen LogP contribution < -0.4 is 5.32 Å². The Kier molecular flexibility index (Phi) is 61.6. The monoisotopic (exact) mass is 1050 g/mol. The minimum absolute atomic E-state index is 0.360. The van der Waals surface area contributed by atoms with Crippen molar-refractivity contribution in [2.24, 2.45) is 0 Å². The van der Waals surface area contributed by atoms with Crippen LogP contribution in [0.25, 0.3) is 0 Å². The van der Waals surface area contributed by atoms with Gasteiger partial charge in [0, 0.05) is 0 Å². The molecule has 75 heavy (non-hydrogen) atoms. The van der Waals surface area contributed by atoms with E-state index in [4.69, 9.17) is 0 Å². The third kappa shape index (κ3) is 56.8. The van der Waals surface area contributed by atoms with E-state index in [-0.39, 0.29) is 0 Å². The SMILES string of the molecule is CCCCCCCCCCCC/C=C/CC/C=C/CC/C=C/CCCC(O)C(O)C(CO)NC(=O)C(O)CCCCCCCCCCCCCCCCCC/C=C\CCCCCCCCCCCCCCCCCC. The van der Waals surface area contributed by atoms with Gasteiger partial charge in [-0.05, 0) is 89.9 Å². The molecule has 0 fully saturated rings. The lowest BCUT2D eigenvalue weighted by molar-refractivity contribution is -0.132. The number of amides is 1. The molecule has 4 atom stereocenters. The van der Waals surface area contributed by atoms with Crippen molar-refractivity contribution in [2.75, 3.05) is 6.61 Å². The molecule has 0 aliphatic carbocycles. The minimum atomic E-state index is -1.30. The first-order chi connectivity index (χ1) is 37.0. The zero-order valence-electron chi connectivity index (χ0n) is 50.3. The first-order valence-electron chi connectivity index (χ1n) is 33.5. The topological polar surface area (TPSA) is 110 Å². The van der Waals surface area contributed by atoms with Gasteiger partial charge in [-0.15, -0.1) is 0 Å². The maximum absolute atomic E-state index is 12.6. The van der Waals surface area contributed by atoms with Gasteiger partial charge in [0.25, 0.3) is 0 Å². The fourth-order valence-corrected chi connectivity index (χ4v) is 10.5. The molecule has 0 spiro atoms. The van der Waals surface area contributed by atoms with E-state index >= 15 is 0 Å². The van der Waals surface area contributed by atoms with Gasteiger partial charge in [-0.1, -0.05) is 313 Å². The van der Waals surface area contributed by atoms with E-state index in [0.29, 0.717) is 19.3 Å². The molecule has 6 heteroatoms. The van der Waals surface area contributed by atoms with E-state index in [2.05, 4.69) is 67.8 Å². The highest BCUT2D eigenvalue weighted by atomic mass is 16.3. The van der Waals surface area contributed by atoms with Crippen LogP contribution in [0, 0.1) is 0 Å². The molecule has 4 unspecified atom stereocenters. The quantitative estimate of drug-likeness (QED) is 0.0308. The molecule has 0 aliphatic heterocycles. The summed E-state index contributed by atoms with van der Waals surface area (Å²) in [6.45, 7) is 4.08. The summed E-state index contributed by atoms with van der Waals surface area (Å²) in [6.07, 6.45) is 82.3. The van der Waals surface area contributed by atoms with E-state index < -0.39 is 36.9 Å². The van der Waals surface area contributed by atoms with Gasteiger partial charge in [0.15, 0.2) is 0 Å². The van der Waals surface area contributed by atoms with Crippen LogP contribution in [0.2, 0.25) is 0 Å². The predicted molar refractivity (Wildman–Crippen MR) is 330 cm³/mol.